The van der Waals surface area contributed by atoms with Crippen LogP contribution in [0.2, 0.25) is 0 Å². The number of para-hydroxylation sites is 2. The number of carbonyl (C=O) groups excluding carboxylic acids is 1. The summed E-state index contributed by atoms with van der Waals surface area (Å²) in [6, 6.07) is 11.8. The Kier molecular flexibility index (Phi) is 7.40. The summed E-state index contributed by atoms with van der Waals surface area (Å²) in [5.74, 6) is 0.524. The Bertz CT molecular complexity index is 1020. The van der Waals surface area contributed by atoms with E-state index in [4.69, 9.17) is 14.2 Å². The van der Waals surface area contributed by atoms with Gasteiger partial charge in [-0.2, -0.15) is 4.31 Å². The number of nitrogens with zero attached hydrogens (tertiary/aromatic N) is 1. The minimum absolute atomic E-state index is 0.0251. The summed E-state index contributed by atoms with van der Waals surface area (Å²) in [4.78, 5) is 12.9. The molecule has 0 aromatic heterocycles. The molecular formula is C22H28N2O6S. The van der Waals surface area contributed by atoms with E-state index in [1.807, 2.05) is 19.1 Å². The highest BCUT2D eigenvalue weighted by Crippen LogP contribution is 2.33. The topological polar surface area (TPSA) is 94.2 Å². The van der Waals surface area contributed by atoms with Gasteiger partial charge in [0.15, 0.2) is 0 Å². The summed E-state index contributed by atoms with van der Waals surface area (Å²) in [7, 11) is -0.978. The quantitative estimate of drug-likeness (QED) is 0.667. The smallest absolute Gasteiger partial charge is 0.246 e. The van der Waals surface area contributed by atoms with Gasteiger partial charge in [0, 0.05) is 19.2 Å². The van der Waals surface area contributed by atoms with Gasteiger partial charge in [-0.1, -0.05) is 12.1 Å². The Morgan fingerprint density at radius 3 is 2.61 bits per heavy atom. The molecule has 1 N–H and O–H groups in total. The summed E-state index contributed by atoms with van der Waals surface area (Å²) in [5.41, 5.74) is 0.573. The maximum Gasteiger partial charge on any atom is 0.246 e. The Hall–Kier alpha value is -2.78. The zero-order valence-electron chi connectivity index (χ0n) is 18.0. The van der Waals surface area contributed by atoms with E-state index >= 15 is 0 Å². The Morgan fingerprint density at radius 1 is 1.13 bits per heavy atom. The number of piperidine rings is 1. The van der Waals surface area contributed by atoms with Gasteiger partial charge >= 0.3 is 0 Å². The van der Waals surface area contributed by atoms with Gasteiger partial charge in [0.2, 0.25) is 15.9 Å². The number of sulfonamides is 1. The number of benzene rings is 2. The molecule has 1 amide bonds. The lowest BCUT2D eigenvalue weighted by atomic mass is 9.98. The second-order valence-corrected chi connectivity index (χ2v) is 9.04. The average Bonchev–Trinajstić information content (AvgIpc) is 2.80. The standard InChI is InChI=1S/C22H28N2O6S/c1-4-30-19-10-6-5-9-18(19)23-22(25)16-8-7-13-24(15-16)31(26,27)21-14-17(28-2)11-12-20(21)29-3/h5-6,9-12,14,16H,4,7-8,13,15H2,1-3H3,(H,23,25)/t16-/m0/s1. The first-order valence-electron chi connectivity index (χ1n) is 10.2. The predicted molar refractivity (Wildman–Crippen MR) is 117 cm³/mol. The first-order chi connectivity index (χ1) is 14.9. The van der Waals surface area contributed by atoms with Crippen molar-refractivity contribution in [1.82, 2.24) is 4.31 Å². The largest absolute Gasteiger partial charge is 0.497 e. The fraction of sp³-hybridized carbons (Fsp3) is 0.409. The number of nitrogens with one attached hydrogen (secondary N) is 1. The zero-order chi connectivity index (χ0) is 22.4. The van der Waals surface area contributed by atoms with Crippen molar-refractivity contribution >= 4 is 21.6 Å². The molecule has 0 unspecified atom stereocenters. The van der Waals surface area contributed by atoms with Gasteiger partial charge < -0.3 is 19.5 Å². The Balaban J connectivity index is 1.79. The van der Waals surface area contributed by atoms with E-state index in [-0.39, 0.29) is 23.1 Å². The minimum Gasteiger partial charge on any atom is -0.497 e. The number of ether oxygens (including phenoxy) is 3. The number of methoxy groups -OCH3 is 2. The highest BCUT2D eigenvalue weighted by atomic mass is 32.2. The molecular weight excluding hydrogens is 420 g/mol. The summed E-state index contributed by atoms with van der Waals surface area (Å²) in [6.45, 7) is 2.77. The van der Waals surface area contributed by atoms with E-state index in [0.717, 1.165) is 0 Å². The lowest BCUT2D eigenvalue weighted by molar-refractivity contribution is -0.120. The van der Waals surface area contributed by atoms with Gasteiger partial charge in [-0.05, 0) is 44.0 Å². The maximum atomic E-state index is 13.3. The summed E-state index contributed by atoms with van der Waals surface area (Å²) in [5, 5.41) is 2.89. The molecule has 3 rings (SSSR count). The summed E-state index contributed by atoms with van der Waals surface area (Å²) < 4.78 is 44.0. The monoisotopic (exact) mass is 448 g/mol. The van der Waals surface area contributed by atoms with Crippen LogP contribution in [0.5, 0.6) is 17.2 Å². The minimum atomic E-state index is -3.87. The molecule has 0 radical (unpaired) electrons. The van der Waals surface area contributed by atoms with Crippen LogP contribution in [0.3, 0.4) is 0 Å². The third-order valence-electron chi connectivity index (χ3n) is 5.19. The van der Waals surface area contributed by atoms with Crippen LogP contribution in [0.25, 0.3) is 0 Å². The lowest BCUT2D eigenvalue weighted by Crippen LogP contribution is -2.43. The van der Waals surface area contributed by atoms with Crippen molar-refractivity contribution in [3.8, 4) is 17.2 Å². The normalized spacial score (nSPS) is 17.1. The molecule has 168 valence electrons. The molecule has 1 aliphatic heterocycles. The van der Waals surface area contributed by atoms with Gasteiger partial charge in [-0.15, -0.1) is 0 Å². The number of rotatable bonds is 8. The van der Waals surface area contributed by atoms with Crippen molar-refractivity contribution in [2.45, 2.75) is 24.7 Å². The van der Waals surface area contributed by atoms with E-state index in [1.54, 1.807) is 24.3 Å². The van der Waals surface area contributed by atoms with Crippen molar-refractivity contribution in [2.24, 2.45) is 5.92 Å². The summed E-state index contributed by atoms with van der Waals surface area (Å²) in [6.07, 6.45) is 1.18. The van der Waals surface area contributed by atoms with Crippen LogP contribution in [-0.4, -0.2) is 52.5 Å². The molecule has 9 heteroatoms. The van der Waals surface area contributed by atoms with Crippen molar-refractivity contribution in [3.63, 3.8) is 0 Å². The molecule has 2 aromatic rings. The average molecular weight is 449 g/mol. The van der Waals surface area contributed by atoms with Crippen LogP contribution in [0.15, 0.2) is 47.4 Å². The van der Waals surface area contributed by atoms with Crippen LogP contribution >= 0.6 is 0 Å². The van der Waals surface area contributed by atoms with Crippen molar-refractivity contribution in [3.05, 3.63) is 42.5 Å². The van der Waals surface area contributed by atoms with Crippen LogP contribution in [0.4, 0.5) is 5.69 Å². The van der Waals surface area contributed by atoms with Crippen molar-refractivity contribution < 1.29 is 27.4 Å². The number of hydrogen-bond acceptors (Lipinski definition) is 6. The molecule has 1 atom stereocenters. The molecule has 1 heterocycles. The molecule has 0 saturated carbocycles. The Morgan fingerprint density at radius 2 is 1.90 bits per heavy atom. The highest BCUT2D eigenvalue weighted by molar-refractivity contribution is 7.89. The van der Waals surface area contributed by atoms with E-state index in [2.05, 4.69) is 5.32 Å². The first kappa shape index (κ1) is 22.9. The van der Waals surface area contributed by atoms with Gasteiger partial charge in [-0.25, -0.2) is 8.42 Å². The highest BCUT2D eigenvalue weighted by Gasteiger charge is 2.35. The molecule has 0 spiro atoms. The van der Waals surface area contributed by atoms with Gasteiger partial charge in [0.25, 0.3) is 0 Å². The maximum absolute atomic E-state index is 13.3. The van der Waals surface area contributed by atoms with Crippen LogP contribution in [0.1, 0.15) is 19.8 Å². The van der Waals surface area contributed by atoms with E-state index in [0.29, 0.717) is 43.2 Å². The van der Waals surface area contributed by atoms with Gasteiger partial charge in [0.05, 0.1) is 32.4 Å². The SMILES string of the molecule is CCOc1ccccc1NC(=O)[C@H]1CCCN(S(=O)(=O)c2cc(OC)ccc2OC)C1. The Labute approximate surface area is 183 Å². The van der Waals surface area contributed by atoms with E-state index in [1.165, 1.54) is 24.6 Å². The second kappa shape index (κ2) is 10.0. The number of anilines is 1. The van der Waals surface area contributed by atoms with E-state index in [9.17, 15) is 13.2 Å². The summed E-state index contributed by atoms with van der Waals surface area (Å²) >= 11 is 0. The van der Waals surface area contributed by atoms with Gasteiger partial charge in [-0.3, -0.25) is 4.79 Å². The predicted octanol–water partition coefficient (Wildman–Crippen LogP) is 3.14. The molecule has 0 bridgehead atoms. The second-order valence-electron chi connectivity index (χ2n) is 7.14. The molecule has 8 nitrogen and oxygen atoms in total. The molecule has 31 heavy (non-hydrogen) atoms. The van der Waals surface area contributed by atoms with Crippen LogP contribution < -0.4 is 19.5 Å². The van der Waals surface area contributed by atoms with E-state index < -0.39 is 15.9 Å². The fourth-order valence-corrected chi connectivity index (χ4v) is 5.28. The number of hydrogen-bond donors (Lipinski definition) is 1. The number of amides is 1. The van der Waals surface area contributed by atoms with Crippen LogP contribution in [-0.2, 0) is 14.8 Å². The molecule has 2 aromatic carbocycles. The zero-order valence-corrected chi connectivity index (χ0v) is 18.8. The van der Waals surface area contributed by atoms with Crippen molar-refractivity contribution in [1.29, 1.82) is 0 Å². The first-order valence-corrected chi connectivity index (χ1v) is 11.6. The third kappa shape index (κ3) is 5.11. The molecule has 1 aliphatic rings. The molecule has 1 fully saturated rings. The number of carbonyl (C=O) groups is 1. The van der Waals surface area contributed by atoms with Crippen LogP contribution in [0, 0.1) is 5.92 Å². The molecule has 1 saturated heterocycles. The lowest BCUT2D eigenvalue weighted by Gasteiger charge is -2.31. The van der Waals surface area contributed by atoms with Gasteiger partial charge in [0.1, 0.15) is 22.1 Å². The molecule has 0 aliphatic carbocycles. The third-order valence-corrected chi connectivity index (χ3v) is 7.07. The van der Waals surface area contributed by atoms with Crippen molar-refractivity contribution in [2.75, 3.05) is 39.2 Å². The fourth-order valence-electron chi connectivity index (χ4n) is 3.59.